The van der Waals surface area contributed by atoms with E-state index < -0.39 is 35.8 Å². The van der Waals surface area contributed by atoms with Crippen LogP contribution in [0, 0.1) is 17.2 Å². The van der Waals surface area contributed by atoms with Crippen molar-refractivity contribution in [2.24, 2.45) is 5.92 Å². The quantitative estimate of drug-likeness (QED) is 0.549. The first kappa shape index (κ1) is 26.6. The molecule has 0 spiro atoms. The Hall–Kier alpha value is -3.65. The fourth-order valence-electron chi connectivity index (χ4n) is 7.26. The minimum atomic E-state index is -0.963. The Morgan fingerprint density at radius 1 is 1.20 bits per heavy atom. The number of nitrogens with zero attached hydrogens (tertiary/aromatic N) is 4. The second-order valence-corrected chi connectivity index (χ2v) is 12.8. The van der Waals surface area contributed by atoms with Gasteiger partial charge in [-0.05, 0) is 82.1 Å². The van der Waals surface area contributed by atoms with Crippen LogP contribution in [-0.2, 0) is 20.7 Å². The Morgan fingerprint density at radius 2 is 1.98 bits per heavy atom. The number of piperazine rings is 1. The van der Waals surface area contributed by atoms with E-state index in [9.17, 15) is 29.5 Å². The highest BCUT2D eigenvalue weighted by atomic mass is 16.6. The summed E-state index contributed by atoms with van der Waals surface area (Å²) < 4.78 is 5.44. The number of amides is 3. The fourth-order valence-corrected chi connectivity index (χ4v) is 7.26. The third-order valence-electron chi connectivity index (χ3n) is 9.00. The van der Waals surface area contributed by atoms with E-state index in [-0.39, 0.29) is 42.0 Å². The van der Waals surface area contributed by atoms with Gasteiger partial charge in [0.1, 0.15) is 17.7 Å². The van der Waals surface area contributed by atoms with Crippen LogP contribution in [0.3, 0.4) is 0 Å². The van der Waals surface area contributed by atoms with Crippen molar-refractivity contribution in [3.8, 4) is 6.07 Å². The van der Waals surface area contributed by atoms with Crippen molar-refractivity contribution in [1.82, 2.24) is 20.0 Å². The van der Waals surface area contributed by atoms with Gasteiger partial charge in [0.15, 0.2) is 0 Å². The summed E-state index contributed by atoms with van der Waals surface area (Å²) in [6, 6.07) is 5.45. The number of piperidine rings is 1. The standard InChI is InChI=1S/C29H35N5O6/c1-29(2,3)40-28(39)31-21(25(35)33-18(12-30)9-17-10-23(17)33)14-32-13-19-11-24(32)26(36)34(19)22-7-5-15-8-16(27(37)38)4-6-20(15)22/h4,6,8,17-19,21-24H,5,7,9-11,13-14H2,1-3H3,(H,31,39)(H,37,38)/t17-,18?,19+,21?,22?,23+,24?/m1/s1. The Labute approximate surface area is 233 Å². The number of aromatic carboxylic acids is 1. The van der Waals surface area contributed by atoms with Gasteiger partial charge in [0.2, 0.25) is 11.8 Å². The number of carbonyl (C=O) groups is 4. The largest absolute Gasteiger partial charge is 0.478 e. The average molecular weight is 550 g/mol. The summed E-state index contributed by atoms with van der Waals surface area (Å²) in [6.07, 6.45) is 2.95. The maximum Gasteiger partial charge on any atom is 0.408 e. The van der Waals surface area contributed by atoms with Gasteiger partial charge in [-0.25, -0.2) is 9.59 Å². The smallest absolute Gasteiger partial charge is 0.408 e. The summed E-state index contributed by atoms with van der Waals surface area (Å²) in [5, 5.41) is 21.7. The number of benzene rings is 1. The molecular formula is C29H35N5O6. The van der Waals surface area contributed by atoms with Crippen LogP contribution in [-0.4, -0.2) is 92.6 Å². The molecule has 3 heterocycles. The molecule has 7 atom stereocenters. The van der Waals surface area contributed by atoms with Gasteiger partial charge in [0.25, 0.3) is 0 Å². The molecule has 11 heteroatoms. The molecule has 40 heavy (non-hydrogen) atoms. The zero-order chi connectivity index (χ0) is 28.5. The van der Waals surface area contributed by atoms with Crippen LogP contribution >= 0.6 is 0 Å². The van der Waals surface area contributed by atoms with Crippen LogP contribution in [0.25, 0.3) is 0 Å². The number of likely N-dealkylation sites (tertiary alicyclic amines) is 3. The highest BCUT2D eigenvalue weighted by Gasteiger charge is 2.57. The molecule has 5 aliphatic rings. The highest BCUT2D eigenvalue weighted by molar-refractivity contribution is 5.90. The molecule has 2 aliphatic carbocycles. The third kappa shape index (κ3) is 4.58. The predicted octanol–water partition coefficient (Wildman–Crippen LogP) is 2.06. The summed E-state index contributed by atoms with van der Waals surface area (Å²) in [5.74, 6) is -0.921. The molecule has 11 nitrogen and oxygen atoms in total. The predicted molar refractivity (Wildman–Crippen MR) is 141 cm³/mol. The van der Waals surface area contributed by atoms with Crippen LogP contribution in [0.15, 0.2) is 18.2 Å². The molecule has 212 valence electrons. The number of carbonyl (C=O) groups excluding carboxylic acids is 3. The van der Waals surface area contributed by atoms with Crippen LogP contribution in [0.2, 0.25) is 0 Å². The molecule has 3 aliphatic heterocycles. The van der Waals surface area contributed by atoms with Crippen molar-refractivity contribution in [3.63, 3.8) is 0 Å². The summed E-state index contributed by atoms with van der Waals surface area (Å²) in [5.41, 5.74) is 1.49. The van der Waals surface area contributed by atoms with Crippen molar-refractivity contribution in [1.29, 1.82) is 5.26 Å². The maximum atomic E-state index is 13.8. The number of nitrogens with one attached hydrogen (secondary N) is 1. The number of hydrogen-bond donors (Lipinski definition) is 2. The highest BCUT2D eigenvalue weighted by Crippen LogP contribution is 2.48. The number of nitriles is 1. The van der Waals surface area contributed by atoms with Crippen molar-refractivity contribution in [3.05, 3.63) is 34.9 Å². The Kier molecular flexibility index (Phi) is 6.29. The SMILES string of the molecule is CC(C)(C)OC(=O)NC(CN1C[C@@H]2CC1C(=O)N2C1CCc2cc(C(=O)O)ccc21)C(=O)N1C(C#N)C[C@@H]2C[C@@H]21. The van der Waals surface area contributed by atoms with Gasteiger partial charge in [-0.2, -0.15) is 5.26 Å². The van der Waals surface area contributed by atoms with Crippen molar-refractivity contribution >= 4 is 23.9 Å². The molecule has 1 aromatic rings. The Morgan fingerprint density at radius 3 is 2.65 bits per heavy atom. The van der Waals surface area contributed by atoms with Gasteiger partial charge < -0.3 is 25.0 Å². The number of aryl methyl sites for hydroxylation is 1. The van der Waals surface area contributed by atoms with Crippen LogP contribution < -0.4 is 5.32 Å². The zero-order valence-corrected chi connectivity index (χ0v) is 23.0. The maximum absolute atomic E-state index is 13.8. The van der Waals surface area contributed by atoms with Crippen molar-refractivity contribution in [2.75, 3.05) is 13.1 Å². The first-order valence-electron chi connectivity index (χ1n) is 14.1. The zero-order valence-electron chi connectivity index (χ0n) is 23.0. The molecule has 0 aromatic heterocycles. The second-order valence-electron chi connectivity index (χ2n) is 12.8. The third-order valence-corrected chi connectivity index (χ3v) is 9.00. The van der Waals surface area contributed by atoms with E-state index in [1.807, 2.05) is 15.9 Å². The van der Waals surface area contributed by atoms with E-state index in [0.717, 1.165) is 30.4 Å². The molecule has 1 saturated carbocycles. The Bertz CT molecular complexity index is 1320. The van der Waals surface area contributed by atoms with Gasteiger partial charge >= 0.3 is 12.1 Å². The first-order valence-corrected chi connectivity index (χ1v) is 14.1. The number of rotatable bonds is 6. The van der Waals surface area contributed by atoms with E-state index in [1.54, 1.807) is 37.8 Å². The van der Waals surface area contributed by atoms with Crippen molar-refractivity contribution < 1.29 is 29.0 Å². The van der Waals surface area contributed by atoms with E-state index in [1.165, 1.54) is 0 Å². The number of ether oxygens (including phenoxy) is 1. The first-order chi connectivity index (χ1) is 18.9. The molecule has 6 rings (SSSR count). The number of carboxylic acid groups (broad SMARTS) is 1. The summed E-state index contributed by atoms with van der Waals surface area (Å²) in [6.45, 7) is 5.99. The van der Waals surface area contributed by atoms with Crippen LogP contribution in [0.4, 0.5) is 4.79 Å². The van der Waals surface area contributed by atoms with E-state index in [0.29, 0.717) is 25.3 Å². The van der Waals surface area contributed by atoms with E-state index in [2.05, 4.69) is 11.4 Å². The normalized spacial score (nSPS) is 31.0. The molecule has 3 saturated heterocycles. The lowest BCUT2D eigenvalue weighted by Gasteiger charge is -2.39. The second kappa shape index (κ2) is 9.47. The fraction of sp³-hybridized carbons (Fsp3) is 0.621. The molecule has 4 fully saturated rings. The molecule has 4 unspecified atom stereocenters. The molecule has 0 radical (unpaired) electrons. The minimum absolute atomic E-state index is 0.00166. The number of hydrogen-bond acceptors (Lipinski definition) is 7. The molecule has 2 bridgehead atoms. The molecule has 2 N–H and O–H groups in total. The topological polar surface area (TPSA) is 143 Å². The lowest BCUT2D eigenvalue weighted by molar-refractivity contribution is -0.141. The summed E-state index contributed by atoms with van der Waals surface area (Å²) >= 11 is 0. The van der Waals surface area contributed by atoms with Gasteiger partial charge in [-0.1, -0.05) is 6.07 Å². The van der Waals surface area contributed by atoms with Gasteiger partial charge in [-0.3, -0.25) is 14.5 Å². The van der Waals surface area contributed by atoms with Gasteiger partial charge in [0, 0.05) is 25.2 Å². The van der Waals surface area contributed by atoms with Crippen LogP contribution in [0.5, 0.6) is 0 Å². The van der Waals surface area contributed by atoms with E-state index in [4.69, 9.17) is 4.74 Å². The van der Waals surface area contributed by atoms with Gasteiger partial charge in [-0.15, -0.1) is 0 Å². The van der Waals surface area contributed by atoms with Crippen molar-refractivity contribution in [2.45, 2.75) is 94.7 Å². The monoisotopic (exact) mass is 549 g/mol. The van der Waals surface area contributed by atoms with E-state index >= 15 is 0 Å². The molecular weight excluding hydrogens is 514 g/mol. The minimum Gasteiger partial charge on any atom is -0.478 e. The van der Waals surface area contributed by atoms with Gasteiger partial charge in [0.05, 0.1) is 23.7 Å². The number of alkyl carbamates (subject to hydrolysis) is 1. The lowest BCUT2D eigenvalue weighted by Crippen LogP contribution is -2.59. The number of fused-ring (bicyclic) bond motifs is 4. The lowest BCUT2D eigenvalue weighted by atomic mass is 10.0. The number of carboxylic acids is 1. The summed E-state index contributed by atoms with van der Waals surface area (Å²) in [4.78, 5) is 57.1. The molecule has 3 amide bonds. The molecule has 1 aromatic carbocycles. The van der Waals surface area contributed by atoms with Crippen LogP contribution in [0.1, 0.15) is 74.0 Å². The summed E-state index contributed by atoms with van der Waals surface area (Å²) in [7, 11) is 0. The Balaban J connectivity index is 1.18. The average Bonchev–Trinajstić information content (AvgIpc) is 3.22.